The zero-order valence-corrected chi connectivity index (χ0v) is 19.8. The number of non-ortho nitro benzene ring substituents is 2. The number of ketones is 1. The van der Waals surface area contributed by atoms with Gasteiger partial charge in [0.05, 0.1) is 21.5 Å². The molecule has 0 amide bonds. The molecule has 5 atom stereocenters. The lowest BCUT2D eigenvalue weighted by atomic mass is 9.51. The van der Waals surface area contributed by atoms with Crippen LogP contribution in [0.4, 0.5) is 11.4 Å². The fourth-order valence-electron chi connectivity index (χ4n) is 6.99. The highest BCUT2D eigenvalue weighted by molar-refractivity contribution is 5.91. The molecule has 0 heterocycles. The van der Waals surface area contributed by atoms with Crippen molar-refractivity contribution in [1.29, 1.82) is 0 Å². The van der Waals surface area contributed by atoms with Crippen LogP contribution in [-0.2, 0) is 9.53 Å². The van der Waals surface area contributed by atoms with E-state index in [9.17, 15) is 29.8 Å². The molecule has 3 saturated carbocycles. The largest absolute Gasteiger partial charge is 0.458 e. The molecule has 0 unspecified atom stereocenters. The van der Waals surface area contributed by atoms with Gasteiger partial charge in [0.15, 0.2) is 0 Å². The second-order valence-electron chi connectivity index (χ2n) is 10.8. The highest BCUT2D eigenvalue weighted by Gasteiger charge is 2.56. The Hall–Kier alpha value is -3.36. The van der Waals surface area contributed by atoms with Gasteiger partial charge in [-0.3, -0.25) is 25.0 Å². The summed E-state index contributed by atoms with van der Waals surface area (Å²) in [5.41, 5.74) is 1.08. The zero-order chi connectivity index (χ0) is 25.1. The van der Waals surface area contributed by atoms with Crippen molar-refractivity contribution in [2.24, 2.45) is 22.7 Å². The van der Waals surface area contributed by atoms with Gasteiger partial charge in [-0.25, -0.2) is 4.79 Å². The first kappa shape index (κ1) is 23.4. The van der Waals surface area contributed by atoms with Gasteiger partial charge >= 0.3 is 5.97 Å². The first-order chi connectivity index (χ1) is 16.5. The second kappa shape index (κ2) is 8.10. The molecule has 0 saturated heterocycles. The van der Waals surface area contributed by atoms with Crippen molar-refractivity contribution in [3.63, 3.8) is 0 Å². The quantitative estimate of drug-likeness (QED) is 0.317. The number of carbonyl (C=O) groups excluding carboxylic acids is 2. The molecule has 0 N–H and O–H groups in total. The van der Waals surface area contributed by atoms with E-state index in [4.69, 9.17) is 4.74 Å². The summed E-state index contributed by atoms with van der Waals surface area (Å²) in [6.07, 6.45) is 9.41. The standard InChI is InChI=1S/C26H28N2O7/c1-25-9-7-19(35-24(30)15-11-17(27(31)32)14-18(12-15)28(33)34)13-16(25)3-4-20-21-5-6-23(29)26(21,2)10-8-22(20)25/h3-4,11-12,14,19,21-22H,5-10,13H2,1-2H3/t19-,21+,22-,25+,26+/m1/s1. The van der Waals surface area contributed by atoms with Crippen LogP contribution >= 0.6 is 0 Å². The number of benzene rings is 1. The maximum absolute atomic E-state index is 12.8. The molecule has 35 heavy (non-hydrogen) atoms. The van der Waals surface area contributed by atoms with Gasteiger partial charge in [-0.2, -0.15) is 0 Å². The third-order valence-corrected chi connectivity index (χ3v) is 9.07. The number of nitro benzene ring substituents is 2. The molecule has 9 nitrogen and oxygen atoms in total. The van der Waals surface area contributed by atoms with E-state index in [0.29, 0.717) is 36.9 Å². The van der Waals surface area contributed by atoms with Crippen LogP contribution in [0.3, 0.4) is 0 Å². The first-order valence-electron chi connectivity index (χ1n) is 12.1. The average Bonchev–Trinajstić information content (AvgIpc) is 3.13. The number of allylic oxidation sites excluding steroid dienone is 3. The second-order valence-corrected chi connectivity index (χ2v) is 10.8. The van der Waals surface area contributed by atoms with Crippen LogP contribution in [0.25, 0.3) is 0 Å². The van der Waals surface area contributed by atoms with E-state index in [1.54, 1.807) is 0 Å². The predicted octanol–water partition coefficient (Wildman–Crippen LogP) is 5.48. The van der Waals surface area contributed by atoms with Crippen LogP contribution in [0.15, 0.2) is 41.5 Å². The molecule has 3 fully saturated rings. The number of nitrogens with zero attached hydrogens (tertiary/aromatic N) is 2. The van der Waals surface area contributed by atoms with E-state index in [1.807, 2.05) is 0 Å². The van der Waals surface area contributed by atoms with E-state index in [2.05, 4.69) is 26.0 Å². The summed E-state index contributed by atoms with van der Waals surface area (Å²) >= 11 is 0. The van der Waals surface area contributed by atoms with Crippen LogP contribution in [0, 0.1) is 42.9 Å². The van der Waals surface area contributed by atoms with Crippen molar-refractivity contribution >= 4 is 23.1 Å². The van der Waals surface area contributed by atoms with Crippen LogP contribution in [0.2, 0.25) is 0 Å². The Bertz CT molecular complexity index is 1190. The molecule has 1 aromatic carbocycles. The molecule has 9 heteroatoms. The molecular weight excluding hydrogens is 452 g/mol. The fourth-order valence-corrected chi connectivity index (χ4v) is 6.99. The predicted molar refractivity (Wildman–Crippen MR) is 126 cm³/mol. The van der Waals surface area contributed by atoms with Crippen LogP contribution < -0.4 is 0 Å². The third-order valence-electron chi connectivity index (χ3n) is 9.07. The van der Waals surface area contributed by atoms with Crippen molar-refractivity contribution in [1.82, 2.24) is 0 Å². The van der Waals surface area contributed by atoms with Gasteiger partial charge in [0.25, 0.3) is 11.4 Å². The summed E-state index contributed by atoms with van der Waals surface area (Å²) in [7, 11) is 0. The summed E-state index contributed by atoms with van der Waals surface area (Å²) in [4.78, 5) is 46.2. The van der Waals surface area contributed by atoms with E-state index in [-0.39, 0.29) is 16.4 Å². The lowest BCUT2D eigenvalue weighted by Gasteiger charge is -2.53. The molecule has 0 radical (unpaired) electrons. The Kier molecular flexibility index (Phi) is 5.41. The molecule has 0 aliphatic heterocycles. The van der Waals surface area contributed by atoms with Crippen LogP contribution in [-0.4, -0.2) is 27.7 Å². The molecule has 5 rings (SSSR count). The minimum Gasteiger partial charge on any atom is -0.458 e. The Morgan fingerprint density at radius 1 is 0.943 bits per heavy atom. The number of Topliss-reactive ketones (excluding diaryl/α,β-unsaturated/α-hetero) is 1. The Balaban J connectivity index is 1.36. The molecule has 0 aromatic heterocycles. The van der Waals surface area contributed by atoms with Gasteiger partial charge in [0, 0.05) is 30.4 Å². The SMILES string of the molecule is C[C@]12CC[C@@H](OC(=O)c3cc([N+](=O)[O-])cc([N+](=O)[O-])c3)CC1=CC=C1[C@H]2CC[C@]2(C)C(=O)CC[C@@H]12. The smallest absolute Gasteiger partial charge is 0.338 e. The van der Waals surface area contributed by atoms with Crippen molar-refractivity contribution in [2.75, 3.05) is 0 Å². The summed E-state index contributed by atoms with van der Waals surface area (Å²) in [6.45, 7) is 4.40. The minimum atomic E-state index is -0.795. The fraction of sp³-hybridized carbons (Fsp3) is 0.538. The summed E-state index contributed by atoms with van der Waals surface area (Å²) in [5.74, 6) is 0.279. The van der Waals surface area contributed by atoms with E-state index in [0.717, 1.165) is 43.9 Å². The van der Waals surface area contributed by atoms with E-state index in [1.165, 1.54) is 11.1 Å². The van der Waals surface area contributed by atoms with Gasteiger partial charge in [0.1, 0.15) is 11.9 Å². The molecule has 4 aliphatic carbocycles. The normalized spacial score (nSPS) is 33.5. The van der Waals surface area contributed by atoms with Crippen LogP contribution in [0.5, 0.6) is 0 Å². The summed E-state index contributed by atoms with van der Waals surface area (Å²) in [5, 5.41) is 22.3. The number of rotatable bonds is 4. The average molecular weight is 481 g/mol. The van der Waals surface area contributed by atoms with Gasteiger partial charge in [-0.05, 0) is 49.4 Å². The van der Waals surface area contributed by atoms with Crippen LogP contribution in [0.1, 0.15) is 69.2 Å². The topological polar surface area (TPSA) is 130 Å². The van der Waals surface area contributed by atoms with Gasteiger partial charge in [-0.1, -0.05) is 37.1 Å². The highest BCUT2D eigenvalue weighted by atomic mass is 16.6. The molecular formula is C26H28N2O7. The first-order valence-corrected chi connectivity index (χ1v) is 12.1. The van der Waals surface area contributed by atoms with Crippen molar-refractivity contribution in [2.45, 2.75) is 64.9 Å². The number of carbonyl (C=O) groups is 2. The Morgan fingerprint density at radius 2 is 1.57 bits per heavy atom. The molecule has 0 bridgehead atoms. The number of hydrogen-bond donors (Lipinski definition) is 0. The lowest BCUT2D eigenvalue weighted by molar-refractivity contribution is -0.394. The Labute approximate surface area is 202 Å². The summed E-state index contributed by atoms with van der Waals surface area (Å²) < 4.78 is 5.69. The molecule has 0 spiro atoms. The van der Waals surface area contributed by atoms with Crippen molar-refractivity contribution < 1.29 is 24.2 Å². The Morgan fingerprint density at radius 3 is 2.23 bits per heavy atom. The monoisotopic (exact) mass is 480 g/mol. The van der Waals surface area contributed by atoms with Crippen molar-refractivity contribution in [3.05, 3.63) is 67.3 Å². The number of nitro groups is 2. The maximum atomic E-state index is 12.8. The zero-order valence-electron chi connectivity index (χ0n) is 19.8. The molecule has 1 aromatic rings. The summed E-state index contributed by atoms with van der Waals surface area (Å²) in [6, 6.07) is 2.85. The lowest BCUT2D eigenvalue weighted by Crippen LogP contribution is -2.46. The minimum absolute atomic E-state index is 0.0513. The molecule has 184 valence electrons. The number of hydrogen-bond acceptors (Lipinski definition) is 7. The number of ether oxygens (including phenoxy) is 1. The highest BCUT2D eigenvalue weighted by Crippen LogP contribution is 2.62. The molecule has 4 aliphatic rings. The van der Waals surface area contributed by atoms with Crippen molar-refractivity contribution in [3.8, 4) is 0 Å². The van der Waals surface area contributed by atoms with Gasteiger partial charge in [0.2, 0.25) is 0 Å². The maximum Gasteiger partial charge on any atom is 0.338 e. The third kappa shape index (κ3) is 3.68. The van der Waals surface area contributed by atoms with E-state index < -0.39 is 33.3 Å². The van der Waals surface area contributed by atoms with Gasteiger partial charge in [-0.15, -0.1) is 0 Å². The number of fused-ring (bicyclic) bond motifs is 5. The van der Waals surface area contributed by atoms with E-state index >= 15 is 0 Å². The van der Waals surface area contributed by atoms with Gasteiger partial charge < -0.3 is 4.74 Å². The number of esters is 1.